The van der Waals surface area contributed by atoms with Crippen LogP contribution in [0, 0.1) is 0 Å². The molecule has 0 fully saturated rings. The van der Waals surface area contributed by atoms with Gasteiger partial charge in [0.05, 0.1) is 11.8 Å². The molecule has 0 aliphatic heterocycles. The van der Waals surface area contributed by atoms with Gasteiger partial charge in [0.2, 0.25) is 5.69 Å². The Balaban J connectivity index is 0.00000259. The zero-order valence-corrected chi connectivity index (χ0v) is 20.3. The molecule has 5 rings (SSSR count). The smallest absolute Gasteiger partial charge is 0.336 e. The Morgan fingerprint density at radius 2 is 1.45 bits per heavy atom. The highest BCUT2D eigenvalue weighted by molar-refractivity contribution is 6.30. The molecule has 0 atom stereocenters. The summed E-state index contributed by atoms with van der Waals surface area (Å²) in [5.41, 5.74) is 5.01. The molecule has 1 N–H and O–H groups in total. The summed E-state index contributed by atoms with van der Waals surface area (Å²) < 4.78 is 2.19. The number of aromatic nitrogens is 2. The molecule has 5 aromatic rings. The number of benzene rings is 3. The lowest BCUT2D eigenvalue weighted by atomic mass is 10.0. The highest BCUT2D eigenvalue weighted by Crippen LogP contribution is 2.35. The molecule has 2 aromatic heterocycles. The van der Waals surface area contributed by atoms with Crippen molar-refractivity contribution in [3.05, 3.63) is 96.1 Å². The van der Waals surface area contributed by atoms with E-state index in [-0.39, 0.29) is 17.9 Å². The summed E-state index contributed by atoms with van der Waals surface area (Å²) in [5.74, 6) is 0.876. The summed E-state index contributed by atoms with van der Waals surface area (Å²) >= 11 is 6.18. The third-order valence-corrected chi connectivity index (χ3v) is 5.68. The molecule has 0 saturated heterocycles. The fourth-order valence-corrected chi connectivity index (χ4v) is 4.20. The van der Waals surface area contributed by atoms with Gasteiger partial charge in [-0.3, -0.25) is 0 Å². The molecule has 33 heavy (non-hydrogen) atoms. The number of nitrogens with zero attached hydrogens (tertiary/aromatic N) is 2. The molecule has 2 heterocycles. The van der Waals surface area contributed by atoms with E-state index in [0.29, 0.717) is 5.02 Å². The SMILES string of the molecule is CC(C)(C)Nc1c(-c2ccccc2)nc(-c2ccc(Cl)cc2)[n+]2ccc3ccccc3c12.[Cl-]. The van der Waals surface area contributed by atoms with Crippen LogP contribution in [-0.4, -0.2) is 10.5 Å². The molecular formula is C28H25Cl2N3. The molecule has 3 nitrogen and oxygen atoms in total. The van der Waals surface area contributed by atoms with Crippen LogP contribution in [0.25, 0.3) is 38.9 Å². The van der Waals surface area contributed by atoms with Gasteiger partial charge in [-0.05, 0) is 61.5 Å². The Bertz CT molecular complexity index is 1420. The molecule has 0 aliphatic carbocycles. The Kier molecular flexibility index (Phi) is 6.29. The van der Waals surface area contributed by atoms with Gasteiger partial charge >= 0.3 is 5.82 Å². The van der Waals surface area contributed by atoms with Crippen molar-refractivity contribution in [3.8, 4) is 22.6 Å². The van der Waals surface area contributed by atoms with E-state index in [1.54, 1.807) is 0 Å². The molecule has 3 aromatic carbocycles. The first-order valence-corrected chi connectivity index (χ1v) is 11.2. The summed E-state index contributed by atoms with van der Waals surface area (Å²) in [5, 5.41) is 6.85. The fraction of sp³-hybridized carbons (Fsp3) is 0.143. The molecule has 0 spiro atoms. The minimum Gasteiger partial charge on any atom is -1.00 e. The lowest BCUT2D eigenvalue weighted by Gasteiger charge is -2.23. The third-order valence-electron chi connectivity index (χ3n) is 5.43. The summed E-state index contributed by atoms with van der Waals surface area (Å²) in [6.07, 6.45) is 2.11. The number of hydrogen-bond acceptors (Lipinski definition) is 2. The predicted molar refractivity (Wildman–Crippen MR) is 134 cm³/mol. The minimum atomic E-state index is -0.141. The number of fused-ring (bicyclic) bond motifs is 3. The van der Waals surface area contributed by atoms with Gasteiger partial charge in [-0.2, -0.15) is 4.40 Å². The van der Waals surface area contributed by atoms with Crippen molar-refractivity contribution in [2.24, 2.45) is 0 Å². The lowest BCUT2D eigenvalue weighted by Crippen LogP contribution is -3.00. The number of rotatable bonds is 3. The van der Waals surface area contributed by atoms with E-state index in [2.05, 4.69) is 91.3 Å². The van der Waals surface area contributed by atoms with Gasteiger partial charge in [-0.1, -0.05) is 66.2 Å². The van der Waals surface area contributed by atoms with Gasteiger partial charge in [0.1, 0.15) is 5.69 Å². The van der Waals surface area contributed by atoms with Gasteiger partial charge in [0.15, 0.2) is 5.52 Å². The van der Waals surface area contributed by atoms with Gasteiger partial charge in [-0.15, -0.1) is 0 Å². The number of pyridine rings is 1. The number of hydrogen-bond donors (Lipinski definition) is 1. The topological polar surface area (TPSA) is 29.0 Å². The average Bonchev–Trinajstić information content (AvgIpc) is 2.79. The zero-order valence-electron chi connectivity index (χ0n) is 18.8. The molecular weight excluding hydrogens is 449 g/mol. The van der Waals surface area contributed by atoms with Crippen molar-refractivity contribution in [1.29, 1.82) is 0 Å². The summed E-state index contributed by atoms with van der Waals surface area (Å²) in [6.45, 7) is 6.53. The van der Waals surface area contributed by atoms with Crippen LogP contribution in [0.2, 0.25) is 5.02 Å². The largest absolute Gasteiger partial charge is 1.00 e. The Hall–Kier alpha value is -3.14. The summed E-state index contributed by atoms with van der Waals surface area (Å²) in [7, 11) is 0. The monoisotopic (exact) mass is 473 g/mol. The van der Waals surface area contributed by atoms with Crippen LogP contribution in [0.5, 0.6) is 0 Å². The fourth-order valence-electron chi connectivity index (χ4n) is 4.08. The summed E-state index contributed by atoms with van der Waals surface area (Å²) in [6, 6.07) is 28.9. The molecule has 0 bridgehead atoms. The second-order valence-electron chi connectivity index (χ2n) is 9.03. The van der Waals surface area contributed by atoms with E-state index in [1.165, 1.54) is 10.8 Å². The van der Waals surface area contributed by atoms with Gasteiger partial charge in [0, 0.05) is 21.5 Å². The Labute approximate surface area is 205 Å². The minimum absolute atomic E-state index is 0. The van der Waals surface area contributed by atoms with Gasteiger partial charge in [-0.25, -0.2) is 0 Å². The standard InChI is InChI=1S/C28H25ClN3.ClH/c1-28(2,3)31-25-24(20-10-5-4-6-11-20)30-27(21-13-15-22(29)16-14-21)32-18-17-19-9-7-8-12-23(19)26(25)32;/h4-18,31H,1-3H3;1H/q+1;/p-1. The van der Waals surface area contributed by atoms with E-state index in [9.17, 15) is 0 Å². The highest BCUT2D eigenvalue weighted by atomic mass is 35.5. The first-order valence-electron chi connectivity index (χ1n) is 10.8. The molecule has 0 aliphatic rings. The second kappa shape index (κ2) is 9.01. The molecule has 0 radical (unpaired) electrons. The van der Waals surface area contributed by atoms with Crippen molar-refractivity contribution in [2.45, 2.75) is 26.3 Å². The van der Waals surface area contributed by atoms with E-state index in [4.69, 9.17) is 16.6 Å². The van der Waals surface area contributed by atoms with Crippen LogP contribution in [0.3, 0.4) is 0 Å². The van der Waals surface area contributed by atoms with Crippen LogP contribution < -0.4 is 22.1 Å². The van der Waals surface area contributed by atoms with Crippen LogP contribution in [0.1, 0.15) is 20.8 Å². The van der Waals surface area contributed by atoms with E-state index in [1.807, 2.05) is 30.3 Å². The maximum Gasteiger partial charge on any atom is 0.336 e. The van der Waals surface area contributed by atoms with Crippen LogP contribution in [-0.2, 0) is 0 Å². The van der Waals surface area contributed by atoms with Crippen LogP contribution >= 0.6 is 11.6 Å². The van der Waals surface area contributed by atoms with Gasteiger partial charge in [0.25, 0.3) is 0 Å². The van der Waals surface area contributed by atoms with Gasteiger partial charge < -0.3 is 17.7 Å². The van der Waals surface area contributed by atoms with Crippen molar-refractivity contribution in [2.75, 3.05) is 5.32 Å². The predicted octanol–water partition coefficient (Wildman–Crippen LogP) is 4.18. The first kappa shape index (κ1) is 23.0. The van der Waals surface area contributed by atoms with Crippen molar-refractivity contribution < 1.29 is 16.8 Å². The molecule has 5 heteroatoms. The molecule has 0 unspecified atom stereocenters. The van der Waals surface area contributed by atoms with Crippen molar-refractivity contribution >= 4 is 33.6 Å². The number of nitrogens with one attached hydrogen (secondary N) is 1. The van der Waals surface area contributed by atoms with E-state index < -0.39 is 0 Å². The number of anilines is 1. The van der Waals surface area contributed by atoms with Crippen molar-refractivity contribution in [1.82, 2.24) is 4.98 Å². The third kappa shape index (κ3) is 4.52. The number of halogens is 2. The normalized spacial score (nSPS) is 11.4. The molecule has 166 valence electrons. The quantitative estimate of drug-likeness (QED) is 0.314. The first-order chi connectivity index (χ1) is 15.4. The van der Waals surface area contributed by atoms with E-state index >= 15 is 0 Å². The molecule has 0 saturated carbocycles. The maximum atomic E-state index is 6.18. The lowest BCUT2D eigenvalue weighted by molar-refractivity contribution is -0.501. The summed E-state index contributed by atoms with van der Waals surface area (Å²) in [4.78, 5) is 5.22. The molecule has 0 amide bonds. The van der Waals surface area contributed by atoms with E-state index in [0.717, 1.165) is 33.8 Å². The van der Waals surface area contributed by atoms with Crippen LogP contribution in [0.4, 0.5) is 5.69 Å². The second-order valence-corrected chi connectivity index (χ2v) is 9.46. The van der Waals surface area contributed by atoms with Crippen molar-refractivity contribution in [3.63, 3.8) is 0 Å². The highest BCUT2D eigenvalue weighted by Gasteiger charge is 2.28. The van der Waals surface area contributed by atoms with Crippen LogP contribution in [0.15, 0.2) is 91.1 Å². The maximum absolute atomic E-state index is 6.18. The average molecular weight is 474 g/mol. The Morgan fingerprint density at radius 1 is 0.788 bits per heavy atom. The Morgan fingerprint density at radius 3 is 2.15 bits per heavy atom. The zero-order chi connectivity index (χ0) is 22.3.